The van der Waals surface area contributed by atoms with Crippen molar-refractivity contribution in [1.82, 2.24) is 24.1 Å². The van der Waals surface area contributed by atoms with E-state index in [1.54, 1.807) is 18.7 Å². The van der Waals surface area contributed by atoms with E-state index in [9.17, 15) is 14.4 Å². The Labute approximate surface area is 182 Å². The molecular formula is C20H21ClF2N6O2. The summed E-state index contributed by atoms with van der Waals surface area (Å²) < 4.78 is 30.0. The normalized spacial score (nSPS) is 20.9. The summed E-state index contributed by atoms with van der Waals surface area (Å²) in [6.07, 6.45) is 1.15. The van der Waals surface area contributed by atoms with Crippen LogP contribution in [0.25, 0.3) is 16.8 Å². The number of carbonyl (C=O) groups is 1. The Morgan fingerprint density at radius 1 is 1.35 bits per heavy atom. The van der Waals surface area contributed by atoms with Crippen LogP contribution in [-0.4, -0.2) is 50.6 Å². The van der Waals surface area contributed by atoms with Crippen LogP contribution in [0.2, 0.25) is 5.02 Å². The molecule has 3 heterocycles. The van der Waals surface area contributed by atoms with Crippen LogP contribution in [0.4, 0.5) is 20.3 Å². The van der Waals surface area contributed by atoms with Gasteiger partial charge in [0.15, 0.2) is 23.1 Å². The Kier molecular flexibility index (Phi) is 4.91. The lowest BCUT2D eigenvalue weighted by atomic mass is 9.97. The number of halogens is 3. The van der Waals surface area contributed by atoms with Crippen molar-refractivity contribution in [3.63, 3.8) is 0 Å². The molecule has 0 spiro atoms. The van der Waals surface area contributed by atoms with Gasteiger partial charge in [0, 0.05) is 18.6 Å². The molecule has 0 saturated carbocycles. The van der Waals surface area contributed by atoms with E-state index >= 15 is 4.39 Å². The zero-order valence-corrected chi connectivity index (χ0v) is 18.0. The molecule has 4 rings (SSSR count). The molecule has 11 heteroatoms. The number of benzene rings is 1. The summed E-state index contributed by atoms with van der Waals surface area (Å²) in [6.45, 7) is 5.05. The van der Waals surface area contributed by atoms with Gasteiger partial charge in [-0.05, 0) is 26.0 Å². The Morgan fingerprint density at radius 2 is 2.06 bits per heavy atom. The highest BCUT2D eigenvalue weighted by Crippen LogP contribution is 2.39. The fourth-order valence-corrected chi connectivity index (χ4v) is 4.67. The predicted molar refractivity (Wildman–Crippen MR) is 114 cm³/mol. The van der Waals surface area contributed by atoms with E-state index in [0.29, 0.717) is 0 Å². The van der Waals surface area contributed by atoms with Gasteiger partial charge in [0.1, 0.15) is 35.7 Å². The fraction of sp³-hybridized carbons (Fsp3) is 0.350. The van der Waals surface area contributed by atoms with E-state index in [1.807, 2.05) is 0 Å². The largest absolute Gasteiger partial charge is 0.627 e. The monoisotopic (exact) mass is 450 g/mol. The molecule has 0 radical (unpaired) electrons. The number of aromatic nitrogens is 3. The third-order valence-electron chi connectivity index (χ3n) is 5.74. The number of nitrogens with zero attached hydrogens (tertiary/aromatic N) is 5. The first-order chi connectivity index (χ1) is 14.5. The van der Waals surface area contributed by atoms with Gasteiger partial charge in [0.2, 0.25) is 5.91 Å². The summed E-state index contributed by atoms with van der Waals surface area (Å²) >= 11 is 6.10. The topological polar surface area (TPSA) is 99.6 Å². The van der Waals surface area contributed by atoms with Crippen LogP contribution < -0.4 is 10.4 Å². The first-order valence-corrected chi connectivity index (χ1v) is 9.97. The highest BCUT2D eigenvalue weighted by atomic mass is 35.5. The summed E-state index contributed by atoms with van der Waals surface area (Å²) in [6, 6.07) is 3.77. The van der Waals surface area contributed by atoms with Gasteiger partial charge in [-0.2, -0.15) is 5.10 Å². The van der Waals surface area contributed by atoms with Gasteiger partial charge in [-0.15, -0.1) is 0 Å². The molecule has 1 amide bonds. The van der Waals surface area contributed by atoms with Gasteiger partial charge in [0.25, 0.3) is 0 Å². The van der Waals surface area contributed by atoms with E-state index in [0.717, 1.165) is 12.4 Å². The number of carbonyl (C=O) groups excluding carboxylic acids is 1. The minimum absolute atomic E-state index is 0.0121. The summed E-state index contributed by atoms with van der Waals surface area (Å²) in [7, 11) is 0. The minimum Gasteiger partial charge on any atom is -0.627 e. The molecule has 1 aliphatic heterocycles. The number of anilines is 1. The lowest BCUT2D eigenvalue weighted by molar-refractivity contribution is -0.136. The van der Waals surface area contributed by atoms with E-state index in [2.05, 4.69) is 10.1 Å². The number of quaternary nitrogens is 1. The van der Waals surface area contributed by atoms with Crippen LogP contribution >= 0.6 is 11.6 Å². The summed E-state index contributed by atoms with van der Waals surface area (Å²) in [5.41, 5.74) is 5.12. The Balaban J connectivity index is 1.85. The predicted octanol–water partition coefficient (Wildman–Crippen LogP) is 3.36. The molecule has 8 nitrogen and oxygen atoms in total. The Morgan fingerprint density at radius 3 is 2.71 bits per heavy atom. The lowest BCUT2D eigenvalue weighted by Crippen LogP contribution is -2.67. The molecule has 0 bridgehead atoms. The molecule has 1 unspecified atom stereocenters. The van der Waals surface area contributed by atoms with Crippen LogP contribution in [-0.2, 0) is 4.79 Å². The molecule has 31 heavy (non-hydrogen) atoms. The standard InChI is InChI=1S/C20H21ClF2N6O2/c1-11(30)27-6-7-29(31,9-20(27,2)3)14-8-12(4-5-13(14)22)17-16(23)15(21)18-19(24)25-10-26-28(17)18/h4-5,8,10H,6-7,9H2,1-3H3,(H2,24,25,26). The molecule has 1 aliphatic rings. The molecule has 0 aliphatic carbocycles. The SMILES string of the molecule is CC(=O)N1CC[N+]([O-])(c2cc(-c3c(F)c(Cl)c4c(N)ncnn34)ccc2F)CC1(C)C. The van der Waals surface area contributed by atoms with Crippen LogP contribution in [0.15, 0.2) is 24.5 Å². The maximum atomic E-state index is 15.0. The Bertz CT molecular complexity index is 1210. The van der Waals surface area contributed by atoms with Gasteiger partial charge in [-0.25, -0.2) is 18.3 Å². The van der Waals surface area contributed by atoms with Crippen molar-refractivity contribution in [3.05, 3.63) is 46.4 Å². The molecule has 1 fully saturated rings. The quantitative estimate of drug-likeness (QED) is 0.476. The number of rotatable bonds is 2. The first kappa shape index (κ1) is 21.4. The number of fused-ring (bicyclic) bond motifs is 1. The third-order valence-corrected chi connectivity index (χ3v) is 6.08. The van der Waals surface area contributed by atoms with Crippen LogP contribution in [0.1, 0.15) is 20.8 Å². The number of hydrogen-bond acceptors (Lipinski definition) is 5. The number of hydroxylamine groups is 2. The van der Waals surface area contributed by atoms with E-state index < -0.39 is 21.8 Å². The molecule has 2 aromatic heterocycles. The van der Waals surface area contributed by atoms with Gasteiger partial charge >= 0.3 is 0 Å². The van der Waals surface area contributed by atoms with E-state index in [4.69, 9.17) is 17.3 Å². The number of nitrogens with two attached hydrogens (primary N) is 1. The number of hydrogen-bond donors (Lipinski definition) is 1. The molecule has 164 valence electrons. The van der Waals surface area contributed by atoms with Crippen molar-refractivity contribution in [2.45, 2.75) is 26.3 Å². The lowest BCUT2D eigenvalue weighted by Gasteiger charge is -2.54. The highest BCUT2D eigenvalue weighted by molar-refractivity contribution is 6.35. The second kappa shape index (κ2) is 7.11. The number of nitrogen functional groups attached to an aromatic ring is 1. The van der Waals surface area contributed by atoms with Gasteiger partial charge in [0.05, 0.1) is 12.1 Å². The van der Waals surface area contributed by atoms with E-state index in [1.165, 1.54) is 23.6 Å². The van der Waals surface area contributed by atoms with Crippen molar-refractivity contribution in [2.75, 3.05) is 25.4 Å². The molecule has 1 saturated heterocycles. The van der Waals surface area contributed by atoms with Crippen molar-refractivity contribution in [1.29, 1.82) is 0 Å². The summed E-state index contributed by atoms with van der Waals surface area (Å²) in [5.74, 6) is -1.68. The van der Waals surface area contributed by atoms with Crippen LogP contribution in [0, 0.1) is 16.8 Å². The molecular weight excluding hydrogens is 430 g/mol. The molecule has 3 aromatic rings. The van der Waals surface area contributed by atoms with Crippen molar-refractivity contribution in [3.8, 4) is 11.3 Å². The maximum absolute atomic E-state index is 15.0. The number of amides is 1. The summed E-state index contributed by atoms with van der Waals surface area (Å²) in [5, 5.41) is 17.5. The highest BCUT2D eigenvalue weighted by Gasteiger charge is 2.43. The van der Waals surface area contributed by atoms with Crippen molar-refractivity contribution < 1.29 is 13.6 Å². The van der Waals surface area contributed by atoms with Crippen LogP contribution in [0.3, 0.4) is 0 Å². The van der Waals surface area contributed by atoms with Crippen molar-refractivity contribution >= 4 is 34.5 Å². The first-order valence-electron chi connectivity index (χ1n) is 9.59. The molecule has 2 N–H and O–H groups in total. The third kappa shape index (κ3) is 3.31. The van der Waals surface area contributed by atoms with Gasteiger partial charge in [-0.3, -0.25) is 4.79 Å². The van der Waals surface area contributed by atoms with Gasteiger partial charge in [-0.1, -0.05) is 11.6 Å². The van der Waals surface area contributed by atoms with Crippen LogP contribution in [0.5, 0.6) is 0 Å². The second-order valence-corrected chi connectivity index (χ2v) is 8.68. The zero-order chi connectivity index (χ0) is 22.7. The number of piperazine rings is 1. The van der Waals surface area contributed by atoms with Gasteiger partial charge < -0.3 is 20.5 Å². The second-order valence-electron chi connectivity index (χ2n) is 8.30. The molecule has 1 atom stereocenters. The zero-order valence-electron chi connectivity index (χ0n) is 17.2. The average Bonchev–Trinajstić information content (AvgIpc) is 2.93. The Hall–Kier alpha value is -2.82. The fourth-order valence-electron chi connectivity index (χ4n) is 4.41. The van der Waals surface area contributed by atoms with E-state index in [-0.39, 0.29) is 58.8 Å². The minimum atomic E-state index is -0.994. The summed E-state index contributed by atoms with van der Waals surface area (Å²) in [4.78, 5) is 17.3. The average molecular weight is 451 g/mol. The molecule has 1 aromatic carbocycles. The van der Waals surface area contributed by atoms with Crippen molar-refractivity contribution in [2.24, 2.45) is 0 Å². The maximum Gasteiger partial charge on any atom is 0.220 e. The smallest absolute Gasteiger partial charge is 0.220 e.